The van der Waals surface area contributed by atoms with Crippen LogP contribution in [0.1, 0.15) is 25.5 Å². The zero-order valence-electron chi connectivity index (χ0n) is 9.83. The number of nitrogens with one attached hydrogen (secondary N) is 1. The molecule has 1 rings (SSSR count). The average molecular weight is 227 g/mol. The van der Waals surface area contributed by atoms with Crippen LogP contribution in [0.5, 0.6) is 5.75 Å². The third-order valence-electron chi connectivity index (χ3n) is 2.39. The topological polar surface area (TPSA) is 41.5 Å². The monoisotopic (exact) mass is 227 g/mol. The first-order chi connectivity index (χ1) is 7.54. The lowest BCUT2D eigenvalue weighted by atomic mass is 10.1. The first-order valence-electron chi connectivity index (χ1n) is 5.29. The highest BCUT2D eigenvalue weighted by Gasteiger charge is 2.09. The molecule has 2 N–H and O–H groups in total. The van der Waals surface area contributed by atoms with Crippen molar-refractivity contribution in [2.75, 3.05) is 13.7 Å². The van der Waals surface area contributed by atoms with E-state index in [9.17, 15) is 4.39 Å². The predicted molar refractivity (Wildman–Crippen MR) is 61.1 cm³/mol. The molecule has 0 amide bonds. The molecule has 2 atom stereocenters. The van der Waals surface area contributed by atoms with Gasteiger partial charge in [-0.3, -0.25) is 0 Å². The minimum absolute atomic E-state index is 0.0455. The SMILES string of the molecule is COc1cc(C(C)NC[C@@H](C)O)ccc1F. The largest absolute Gasteiger partial charge is 0.494 e. The molecule has 0 aliphatic carbocycles. The number of ether oxygens (including phenoxy) is 1. The van der Waals surface area contributed by atoms with Gasteiger partial charge in [0.2, 0.25) is 0 Å². The number of halogens is 1. The van der Waals surface area contributed by atoms with E-state index < -0.39 is 6.10 Å². The summed E-state index contributed by atoms with van der Waals surface area (Å²) in [4.78, 5) is 0. The molecule has 16 heavy (non-hydrogen) atoms. The molecule has 0 aliphatic rings. The quantitative estimate of drug-likeness (QED) is 0.806. The molecule has 1 unspecified atom stereocenters. The first-order valence-corrected chi connectivity index (χ1v) is 5.29. The maximum Gasteiger partial charge on any atom is 0.165 e. The molecule has 0 saturated carbocycles. The van der Waals surface area contributed by atoms with Crippen LogP contribution in [0.4, 0.5) is 4.39 Å². The summed E-state index contributed by atoms with van der Waals surface area (Å²) >= 11 is 0. The van der Waals surface area contributed by atoms with E-state index in [2.05, 4.69) is 5.32 Å². The number of aliphatic hydroxyl groups excluding tert-OH is 1. The molecular formula is C12H18FNO2. The fraction of sp³-hybridized carbons (Fsp3) is 0.500. The standard InChI is InChI=1S/C12H18FNO2/c1-8(15)7-14-9(2)10-4-5-11(13)12(6-10)16-3/h4-6,8-9,14-15H,7H2,1-3H3/t8-,9?/m1/s1. The van der Waals surface area contributed by atoms with Gasteiger partial charge in [0.05, 0.1) is 13.2 Å². The lowest BCUT2D eigenvalue weighted by Gasteiger charge is -2.16. The fourth-order valence-electron chi connectivity index (χ4n) is 1.41. The van der Waals surface area contributed by atoms with Crippen LogP contribution in [0.15, 0.2) is 18.2 Å². The van der Waals surface area contributed by atoms with Crippen LogP contribution in [0, 0.1) is 5.82 Å². The highest BCUT2D eigenvalue weighted by atomic mass is 19.1. The summed E-state index contributed by atoms with van der Waals surface area (Å²) in [6.07, 6.45) is -0.398. The van der Waals surface area contributed by atoms with Crippen LogP contribution < -0.4 is 10.1 Å². The van der Waals surface area contributed by atoms with Gasteiger partial charge in [-0.15, -0.1) is 0 Å². The summed E-state index contributed by atoms with van der Waals surface area (Å²) in [5, 5.41) is 12.3. The Bertz CT molecular complexity index is 342. The summed E-state index contributed by atoms with van der Waals surface area (Å²) in [7, 11) is 1.44. The van der Waals surface area contributed by atoms with Crippen molar-refractivity contribution in [2.45, 2.75) is 26.0 Å². The maximum absolute atomic E-state index is 13.2. The van der Waals surface area contributed by atoms with Gasteiger partial charge in [0.15, 0.2) is 11.6 Å². The zero-order chi connectivity index (χ0) is 12.1. The van der Waals surface area contributed by atoms with Gasteiger partial charge in [-0.2, -0.15) is 0 Å². The Morgan fingerprint density at radius 2 is 2.12 bits per heavy atom. The molecule has 4 heteroatoms. The van der Waals surface area contributed by atoms with Crippen LogP contribution in [-0.2, 0) is 0 Å². The Morgan fingerprint density at radius 3 is 2.69 bits per heavy atom. The second-order valence-electron chi connectivity index (χ2n) is 3.87. The van der Waals surface area contributed by atoms with Crippen molar-refractivity contribution < 1.29 is 14.2 Å². The normalized spacial score (nSPS) is 14.6. The van der Waals surface area contributed by atoms with Gasteiger partial charge in [0, 0.05) is 12.6 Å². The van der Waals surface area contributed by atoms with E-state index in [4.69, 9.17) is 9.84 Å². The van der Waals surface area contributed by atoms with Gasteiger partial charge in [0.25, 0.3) is 0 Å². The number of aliphatic hydroxyl groups is 1. The number of hydrogen-bond acceptors (Lipinski definition) is 3. The minimum atomic E-state index is -0.398. The maximum atomic E-state index is 13.2. The minimum Gasteiger partial charge on any atom is -0.494 e. The van der Waals surface area contributed by atoms with E-state index in [1.54, 1.807) is 19.1 Å². The summed E-state index contributed by atoms with van der Waals surface area (Å²) in [5.41, 5.74) is 0.930. The third-order valence-corrected chi connectivity index (χ3v) is 2.39. The molecule has 0 bridgehead atoms. The van der Waals surface area contributed by atoms with E-state index >= 15 is 0 Å². The van der Waals surface area contributed by atoms with Gasteiger partial charge in [-0.05, 0) is 31.5 Å². The van der Waals surface area contributed by atoms with Gasteiger partial charge in [0.1, 0.15) is 0 Å². The van der Waals surface area contributed by atoms with Crippen molar-refractivity contribution in [1.82, 2.24) is 5.32 Å². The average Bonchev–Trinajstić information content (AvgIpc) is 2.26. The van der Waals surface area contributed by atoms with Gasteiger partial charge < -0.3 is 15.2 Å². The van der Waals surface area contributed by atoms with Crippen LogP contribution in [0.3, 0.4) is 0 Å². The fourth-order valence-corrected chi connectivity index (χ4v) is 1.41. The Morgan fingerprint density at radius 1 is 1.44 bits per heavy atom. The molecule has 0 aromatic heterocycles. The molecule has 1 aromatic carbocycles. The van der Waals surface area contributed by atoms with E-state index in [0.29, 0.717) is 6.54 Å². The Balaban J connectivity index is 2.72. The molecule has 0 heterocycles. The summed E-state index contributed by atoms with van der Waals surface area (Å²) < 4.78 is 18.1. The zero-order valence-corrected chi connectivity index (χ0v) is 9.83. The molecule has 0 spiro atoms. The van der Waals surface area contributed by atoms with E-state index in [0.717, 1.165) is 5.56 Å². The van der Waals surface area contributed by atoms with Gasteiger partial charge in [-0.1, -0.05) is 6.07 Å². The second-order valence-corrected chi connectivity index (χ2v) is 3.87. The number of hydrogen-bond donors (Lipinski definition) is 2. The van der Waals surface area contributed by atoms with Crippen molar-refractivity contribution in [1.29, 1.82) is 0 Å². The number of benzene rings is 1. The van der Waals surface area contributed by atoms with E-state index in [1.807, 2.05) is 6.92 Å². The van der Waals surface area contributed by atoms with Crippen molar-refractivity contribution in [2.24, 2.45) is 0 Å². The molecule has 1 aromatic rings. The molecule has 90 valence electrons. The Labute approximate surface area is 95.2 Å². The van der Waals surface area contributed by atoms with Crippen molar-refractivity contribution >= 4 is 0 Å². The van der Waals surface area contributed by atoms with E-state index in [1.165, 1.54) is 13.2 Å². The Kier molecular flexibility index (Phi) is 4.71. The summed E-state index contributed by atoms with van der Waals surface area (Å²) in [6, 6.07) is 4.80. The first kappa shape index (κ1) is 12.9. The van der Waals surface area contributed by atoms with E-state index in [-0.39, 0.29) is 17.6 Å². The summed E-state index contributed by atoms with van der Waals surface area (Å²) in [6.45, 7) is 4.17. The highest BCUT2D eigenvalue weighted by molar-refractivity contribution is 5.31. The molecule has 0 aliphatic heterocycles. The second kappa shape index (κ2) is 5.82. The number of methoxy groups -OCH3 is 1. The van der Waals surface area contributed by atoms with Gasteiger partial charge >= 0.3 is 0 Å². The molecule has 3 nitrogen and oxygen atoms in total. The van der Waals surface area contributed by atoms with Crippen molar-refractivity contribution in [3.8, 4) is 5.75 Å². The third kappa shape index (κ3) is 3.47. The smallest absolute Gasteiger partial charge is 0.165 e. The van der Waals surface area contributed by atoms with Crippen LogP contribution in [-0.4, -0.2) is 24.9 Å². The van der Waals surface area contributed by atoms with Crippen molar-refractivity contribution in [3.05, 3.63) is 29.6 Å². The molecule has 0 radical (unpaired) electrons. The molecule has 0 fully saturated rings. The number of rotatable bonds is 5. The lowest BCUT2D eigenvalue weighted by Crippen LogP contribution is -2.27. The van der Waals surface area contributed by atoms with Crippen molar-refractivity contribution in [3.63, 3.8) is 0 Å². The lowest BCUT2D eigenvalue weighted by molar-refractivity contribution is 0.187. The summed E-state index contributed by atoms with van der Waals surface area (Å²) in [5.74, 6) is -0.128. The Hall–Kier alpha value is -1.13. The molecular weight excluding hydrogens is 209 g/mol. The van der Waals surface area contributed by atoms with Gasteiger partial charge in [-0.25, -0.2) is 4.39 Å². The van der Waals surface area contributed by atoms with Crippen LogP contribution in [0.2, 0.25) is 0 Å². The highest BCUT2D eigenvalue weighted by Crippen LogP contribution is 2.22. The predicted octanol–water partition coefficient (Wildman–Crippen LogP) is 1.87. The van der Waals surface area contributed by atoms with Crippen LogP contribution in [0.25, 0.3) is 0 Å². The molecule has 0 saturated heterocycles. The van der Waals surface area contributed by atoms with Crippen LogP contribution >= 0.6 is 0 Å².